The zero-order chi connectivity index (χ0) is 37.9. The van der Waals surface area contributed by atoms with E-state index in [0.29, 0.717) is 11.3 Å². The molecular formula is C36H45ClN5O10P. The molecule has 0 amide bonds. The molecule has 286 valence electrons. The van der Waals surface area contributed by atoms with Gasteiger partial charge in [-0.25, -0.2) is 10.1 Å². The fourth-order valence-corrected chi connectivity index (χ4v) is 8.60. The van der Waals surface area contributed by atoms with Gasteiger partial charge in [-0.3, -0.25) is 14.2 Å². The van der Waals surface area contributed by atoms with Gasteiger partial charge in [-0.15, -0.1) is 0 Å². The van der Waals surface area contributed by atoms with E-state index in [4.69, 9.17) is 44.5 Å². The number of rotatable bonds is 15. The van der Waals surface area contributed by atoms with E-state index < -0.39 is 74.9 Å². The van der Waals surface area contributed by atoms with Gasteiger partial charge in [0.1, 0.15) is 53.7 Å². The lowest BCUT2D eigenvalue weighted by molar-refractivity contribution is -0.201. The quantitative estimate of drug-likeness (QED) is 0.0764. The highest BCUT2D eigenvalue weighted by molar-refractivity contribution is 7.57. The van der Waals surface area contributed by atoms with Gasteiger partial charge in [-0.2, -0.15) is 5.26 Å². The van der Waals surface area contributed by atoms with Gasteiger partial charge in [0.25, 0.3) is 0 Å². The number of hydrogen-bond donors (Lipinski definition) is 2. The first-order chi connectivity index (χ1) is 25.3. The predicted octanol–water partition coefficient (Wildman–Crippen LogP) is 6.26. The fraction of sp³-hybridized carbons (Fsp3) is 0.556. The molecule has 1 saturated carbocycles. The molecule has 6 atom stereocenters. The Hall–Kier alpha value is -3.74. The van der Waals surface area contributed by atoms with Crippen molar-refractivity contribution in [3.8, 4) is 11.8 Å². The van der Waals surface area contributed by atoms with Crippen LogP contribution in [0.2, 0.25) is 5.15 Å². The first-order valence-corrected chi connectivity index (χ1v) is 19.9. The minimum atomic E-state index is -3.93. The lowest BCUT2D eigenvalue weighted by Gasteiger charge is -2.26. The third-order valence-electron chi connectivity index (χ3n) is 9.19. The Morgan fingerprint density at radius 1 is 1.09 bits per heavy atom. The molecule has 1 aliphatic carbocycles. The first-order valence-electron chi connectivity index (χ1n) is 17.7. The van der Waals surface area contributed by atoms with Crippen LogP contribution in [0.5, 0.6) is 5.75 Å². The molecule has 17 heteroatoms. The van der Waals surface area contributed by atoms with E-state index in [2.05, 4.69) is 21.5 Å². The van der Waals surface area contributed by atoms with Gasteiger partial charge >= 0.3 is 19.5 Å². The minimum absolute atomic E-state index is 0.0780. The number of anilines is 1. The molecule has 1 unspecified atom stereocenters. The number of carbonyl (C=O) groups excluding carboxylic acids is 2. The molecule has 3 aromatic rings. The van der Waals surface area contributed by atoms with Gasteiger partial charge in [0, 0.05) is 17.6 Å². The van der Waals surface area contributed by atoms with Crippen LogP contribution in [-0.4, -0.2) is 77.4 Å². The summed E-state index contributed by atoms with van der Waals surface area (Å²) in [6, 6.07) is 11.7. The average molecular weight is 774 g/mol. The first kappa shape index (κ1) is 39.0. The smallest absolute Gasteiger partial charge is 0.342 e. The summed E-state index contributed by atoms with van der Waals surface area (Å²) in [6.07, 6.45) is 3.05. The number of hydrogen-bond acceptors (Lipinski definition) is 13. The second-order valence-corrected chi connectivity index (χ2v) is 16.5. The van der Waals surface area contributed by atoms with Gasteiger partial charge in [-0.05, 0) is 51.8 Å². The summed E-state index contributed by atoms with van der Waals surface area (Å²) in [6.45, 7) is 7.71. The van der Waals surface area contributed by atoms with Gasteiger partial charge in [-0.1, -0.05) is 56.5 Å². The molecule has 2 saturated heterocycles. The SMILES string of the molecule is CC(C)C(=O)OCOC(=O)[C@H](C)NP(=O)(COC[C@H]1O[C@@H](n2ccc3c(NC4CCCC4)c(C#N)c(Cl)nc32)[C@@H]2OC(C)(C)O[C@@H]21)Oc1ccccc1. The normalized spacial score (nSPS) is 24.0. The van der Waals surface area contributed by atoms with Crippen LogP contribution in [0.15, 0.2) is 42.6 Å². The van der Waals surface area contributed by atoms with E-state index in [0.717, 1.165) is 31.1 Å². The van der Waals surface area contributed by atoms with Crippen molar-refractivity contribution in [2.45, 2.75) is 103 Å². The standard InChI is InChI=1S/C36H45ClN5O10P/c1-21(2)34(43)47-19-48-35(44)22(3)41-53(45,52-24-13-7-6-8-14-24)20-46-18-27-29-30(51-36(4,5)50-29)33(49-27)42-16-15-25-28(39-23-11-9-10-12-23)26(17-38)31(37)40-32(25)42/h6-8,13-16,21-23,27,29-30,33H,9-12,18-20H2,1-5H3,(H,39,40)(H,41,45)/t22-,27+,29+,30+,33+,53?/m0/s1. The Balaban J connectivity index is 1.18. The molecule has 2 N–H and O–H groups in total. The topological polar surface area (TPSA) is 181 Å². The van der Waals surface area contributed by atoms with Crippen molar-refractivity contribution in [3.63, 3.8) is 0 Å². The van der Waals surface area contributed by atoms with Crippen LogP contribution in [0.3, 0.4) is 0 Å². The van der Waals surface area contributed by atoms with Crippen molar-refractivity contribution >= 4 is 47.8 Å². The molecular weight excluding hydrogens is 729 g/mol. The number of pyridine rings is 1. The van der Waals surface area contributed by atoms with E-state index in [1.807, 2.05) is 30.7 Å². The van der Waals surface area contributed by atoms with Crippen LogP contribution < -0.4 is 14.9 Å². The summed E-state index contributed by atoms with van der Waals surface area (Å²) in [5, 5.41) is 17.0. The van der Waals surface area contributed by atoms with Crippen LogP contribution in [0.4, 0.5) is 5.69 Å². The Labute approximate surface area is 313 Å². The summed E-state index contributed by atoms with van der Waals surface area (Å²) >= 11 is 6.59. The number of para-hydroxylation sites is 1. The molecule has 2 aromatic heterocycles. The maximum absolute atomic E-state index is 14.2. The molecule has 0 radical (unpaired) electrons. The van der Waals surface area contributed by atoms with E-state index >= 15 is 0 Å². The molecule has 0 spiro atoms. The largest absolute Gasteiger partial charge is 0.431 e. The maximum atomic E-state index is 14.2. The summed E-state index contributed by atoms with van der Waals surface area (Å²) in [5.41, 5.74) is 1.44. The second kappa shape index (κ2) is 16.3. The number of ether oxygens (including phenoxy) is 6. The Bertz CT molecular complexity index is 1880. The zero-order valence-electron chi connectivity index (χ0n) is 30.3. The molecule has 2 aliphatic heterocycles. The predicted molar refractivity (Wildman–Crippen MR) is 193 cm³/mol. The molecule has 3 fully saturated rings. The van der Waals surface area contributed by atoms with Crippen molar-refractivity contribution in [3.05, 3.63) is 53.3 Å². The lowest BCUT2D eigenvalue weighted by atomic mass is 10.1. The third kappa shape index (κ3) is 8.98. The molecule has 4 heterocycles. The van der Waals surface area contributed by atoms with E-state index in [9.17, 15) is 19.4 Å². The van der Waals surface area contributed by atoms with Gasteiger partial charge in [0.2, 0.25) is 6.79 Å². The highest BCUT2D eigenvalue weighted by Crippen LogP contribution is 2.47. The number of nitrogens with zero attached hydrogens (tertiary/aromatic N) is 3. The number of aromatic nitrogens is 2. The van der Waals surface area contributed by atoms with Crippen molar-refractivity contribution in [1.82, 2.24) is 14.6 Å². The number of benzene rings is 1. The number of halogens is 1. The average Bonchev–Trinajstić information content (AvgIpc) is 3.90. The molecule has 0 bridgehead atoms. The maximum Gasteiger partial charge on any atom is 0.342 e. The summed E-state index contributed by atoms with van der Waals surface area (Å²) < 4.78 is 57.1. The fourth-order valence-electron chi connectivity index (χ4n) is 6.70. The molecule has 53 heavy (non-hydrogen) atoms. The van der Waals surface area contributed by atoms with Crippen LogP contribution in [-0.2, 0) is 42.6 Å². The second-order valence-electron chi connectivity index (χ2n) is 14.1. The van der Waals surface area contributed by atoms with Gasteiger partial charge in [0.15, 0.2) is 17.2 Å². The summed E-state index contributed by atoms with van der Waals surface area (Å²) in [5.74, 6) is -2.38. The van der Waals surface area contributed by atoms with Crippen LogP contribution in [0.25, 0.3) is 11.0 Å². The van der Waals surface area contributed by atoms with Crippen LogP contribution in [0, 0.1) is 17.2 Å². The van der Waals surface area contributed by atoms with E-state index in [1.165, 1.54) is 6.92 Å². The number of fused-ring (bicyclic) bond motifs is 2. The van der Waals surface area contributed by atoms with E-state index in [-0.39, 0.29) is 29.1 Å². The van der Waals surface area contributed by atoms with Crippen molar-refractivity contribution in [2.24, 2.45) is 5.92 Å². The minimum Gasteiger partial charge on any atom is -0.431 e. The number of nitriles is 1. The van der Waals surface area contributed by atoms with Crippen molar-refractivity contribution < 1.29 is 47.1 Å². The molecule has 6 rings (SSSR count). The number of nitrogens with one attached hydrogen (secondary N) is 2. The molecule has 15 nitrogen and oxygen atoms in total. The van der Waals surface area contributed by atoms with Crippen LogP contribution in [0.1, 0.15) is 72.1 Å². The van der Waals surface area contributed by atoms with Gasteiger partial charge < -0.3 is 42.8 Å². The van der Waals surface area contributed by atoms with Gasteiger partial charge in [0.05, 0.1) is 18.2 Å². The van der Waals surface area contributed by atoms with E-state index in [1.54, 1.807) is 44.2 Å². The third-order valence-corrected chi connectivity index (χ3v) is 11.3. The highest BCUT2D eigenvalue weighted by atomic mass is 35.5. The van der Waals surface area contributed by atoms with Crippen molar-refractivity contribution in [2.75, 3.05) is 25.1 Å². The number of carbonyl (C=O) groups is 2. The van der Waals surface area contributed by atoms with Crippen LogP contribution >= 0.6 is 19.1 Å². The monoisotopic (exact) mass is 773 g/mol. The number of esters is 2. The van der Waals surface area contributed by atoms with Crippen molar-refractivity contribution in [1.29, 1.82) is 5.26 Å². The zero-order valence-corrected chi connectivity index (χ0v) is 31.9. The molecule has 1 aromatic carbocycles. The summed E-state index contributed by atoms with van der Waals surface area (Å²) in [7, 11) is -3.93. The Morgan fingerprint density at radius 2 is 1.79 bits per heavy atom. The highest BCUT2D eigenvalue weighted by Gasteiger charge is 2.56. The summed E-state index contributed by atoms with van der Waals surface area (Å²) in [4.78, 5) is 29.1. The lowest BCUT2D eigenvalue weighted by Crippen LogP contribution is -2.37. The molecule has 3 aliphatic rings. The Kier molecular flexibility index (Phi) is 12.0. The Morgan fingerprint density at radius 3 is 2.49 bits per heavy atom.